The second-order valence-corrected chi connectivity index (χ2v) is 6.63. The van der Waals surface area contributed by atoms with Gasteiger partial charge in [-0.05, 0) is 24.6 Å². The van der Waals surface area contributed by atoms with Crippen molar-refractivity contribution in [3.8, 4) is 11.5 Å². The summed E-state index contributed by atoms with van der Waals surface area (Å²) in [5.41, 5.74) is 1.43. The Morgan fingerprint density at radius 1 is 1.14 bits per heavy atom. The van der Waals surface area contributed by atoms with Crippen LogP contribution in [0.15, 0.2) is 60.8 Å². The van der Waals surface area contributed by atoms with Crippen LogP contribution in [0.25, 0.3) is 0 Å². The van der Waals surface area contributed by atoms with Crippen LogP contribution in [-0.4, -0.2) is 51.6 Å². The molecular formula is C21H22N4O3. The predicted molar refractivity (Wildman–Crippen MR) is 103 cm³/mol. The van der Waals surface area contributed by atoms with E-state index in [9.17, 15) is 4.79 Å². The Morgan fingerprint density at radius 2 is 1.89 bits per heavy atom. The van der Waals surface area contributed by atoms with E-state index >= 15 is 0 Å². The van der Waals surface area contributed by atoms with Gasteiger partial charge in [0.2, 0.25) is 0 Å². The fourth-order valence-corrected chi connectivity index (χ4v) is 3.16. The summed E-state index contributed by atoms with van der Waals surface area (Å²) < 4.78 is 13.4. The quantitative estimate of drug-likeness (QED) is 0.660. The molecule has 0 saturated carbocycles. The minimum Gasteiger partial charge on any atom is -0.486 e. The lowest BCUT2D eigenvalue weighted by atomic mass is 10.2. The number of likely N-dealkylation sites (N-methyl/N-ethyl adjacent to an activating group) is 1. The van der Waals surface area contributed by atoms with Crippen molar-refractivity contribution in [2.75, 3.05) is 19.7 Å². The molecule has 4 rings (SSSR count). The molecule has 0 bridgehead atoms. The molecule has 0 fully saturated rings. The van der Waals surface area contributed by atoms with Gasteiger partial charge in [-0.1, -0.05) is 47.7 Å². The molecule has 0 radical (unpaired) electrons. The number of aromatic nitrogens is 3. The van der Waals surface area contributed by atoms with Crippen molar-refractivity contribution in [1.82, 2.24) is 19.9 Å². The third kappa shape index (κ3) is 3.98. The molecule has 0 N–H and O–H groups in total. The van der Waals surface area contributed by atoms with Gasteiger partial charge in [0.05, 0.1) is 19.3 Å². The van der Waals surface area contributed by atoms with Gasteiger partial charge in [-0.2, -0.15) is 0 Å². The first-order valence-electron chi connectivity index (χ1n) is 9.34. The highest BCUT2D eigenvalue weighted by Crippen LogP contribution is 2.31. The molecule has 7 nitrogen and oxygen atoms in total. The topological polar surface area (TPSA) is 69.5 Å². The molecule has 0 spiro atoms. The highest BCUT2D eigenvalue weighted by Gasteiger charge is 2.26. The molecule has 1 aliphatic rings. The van der Waals surface area contributed by atoms with Crippen LogP contribution in [0.3, 0.4) is 0 Å². The van der Waals surface area contributed by atoms with Gasteiger partial charge in [0.25, 0.3) is 5.91 Å². The van der Waals surface area contributed by atoms with Crippen molar-refractivity contribution in [2.24, 2.45) is 0 Å². The van der Waals surface area contributed by atoms with E-state index in [1.807, 2.05) is 61.5 Å². The lowest BCUT2D eigenvalue weighted by Crippen LogP contribution is -2.43. The fourth-order valence-electron chi connectivity index (χ4n) is 3.16. The van der Waals surface area contributed by atoms with E-state index in [0.29, 0.717) is 37.7 Å². The summed E-state index contributed by atoms with van der Waals surface area (Å²) in [6.07, 6.45) is 1.46. The van der Waals surface area contributed by atoms with Crippen molar-refractivity contribution in [3.05, 3.63) is 72.1 Å². The highest BCUT2D eigenvalue weighted by atomic mass is 16.6. The minimum absolute atomic E-state index is 0.163. The lowest BCUT2D eigenvalue weighted by molar-refractivity contribution is 0.0471. The van der Waals surface area contributed by atoms with Gasteiger partial charge in [-0.25, -0.2) is 4.68 Å². The van der Waals surface area contributed by atoms with Crippen molar-refractivity contribution >= 4 is 5.91 Å². The molecule has 3 aromatic rings. The number of benzene rings is 2. The number of amides is 1. The number of carbonyl (C=O) groups excluding carboxylic acids is 1. The second kappa shape index (κ2) is 8.12. The first-order chi connectivity index (χ1) is 13.7. The van der Waals surface area contributed by atoms with Gasteiger partial charge < -0.3 is 14.4 Å². The van der Waals surface area contributed by atoms with E-state index in [2.05, 4.69) is 10.3 Å². The molecule has 0 saturated heterocycles. The van der Waals surface area contributed by atoms with E-state index in [0.717, 1.165) is 11.3 Å². The fraction of sp³-hybridized carbons (Fsp3) is 0.286. The van der Waals surface area contributed by atoms with Crippen LogP contribution in [0.2, 0.25) is 0 Å². The lowest BCUT2D eigenvalue weighted by Gasteiger charge is -2.30. The molecule has 1 unspecified atom stereocenters. The van der Waals surface area contributed by atoms with E-state index in [-0.39, 0.29) is 12.0 Å². The van der Waals surface area contributed by atoms with Crippen LogP contribution >= 0.6 is 0 Å². The zero-order chi connectivity index (χ0) is 19.3. The highest BCUT2D eigenvalue weighted by molar-refractivity contribution is 5.91. The third-order valence-corrected chi connectivity index (χ3v) is 4.61. The van der Waals surface area contributed by atoms with Crippen LogP contribution in [-0.2, 0) is 6.54 Å². The van der Waals surface area contributed by atoms with Gasteiger partial charge in [-0.3, -0.25) is 4.79 Å². The number of carbonyl (C=O) groups is 1. The van der Waals surface area contributed by atoms with Crippen LogP contribution in [0.1, 0.15) is 23.0 Å². The Morgan fingerprint density at radius 3 is 2.68 bits per heavy atom. The summed E-state index contributed by atoms with van der Waals surface area (Å²) in [5, 5.41) is 8.15. The van der Waals surface area contributed by atoms with Gasteiger partial charge in [0, 0.05) is 6.54 Å². The average molecular weight is 378 g/mol. The molecule has 28 heavy (non-hydrogen) atoms. The van der Waals surface area contributed by atoms with Gasteiger partial charge in [0.1, 0.15) is 6.61 Å². The molecule has 2 heterocycles. The smallest absolute Gasteiger partial charge is 0.276 e. The molecule has 0 aliphatic carbocycles. The molecule has 2 aromatic carbocycles. The first-order valence-corrected chi connectivity index (χ1v) is 9.34. The first kappa shape index (κ1) is 18.0. The molecule has 144 valence electrons. The van der Waals surface area contributed by atoms with Crippen LogP contribution < -0.4 is 9.47 Å². The Labute approximate surface area is 163 Å². The average Bonchev–Trinajstić information content (AvgIpc) is 3.20. The van der Waals surface area contributed by atoms with E-state index in [1.165, 1.54) is 0 Å². The number of hydrogen-bond acceptors (Lipinski definition) is 5. The SMILES string of the molecule is CCN(CC1COc2ccccc2O1)C(=O)c1cn(Cc2ccccc2)nn1. The summed E-state index contributed by atoms with van der Waals surface area (Å²) in [5.74, 6) is 1.28. The van der Waals surface area contributed by atoms with Crippen LogP contribution in [0.5, 0.6) is 11.5 Å². The minimum atomic E-state index is -0.224. The maximum absolute atomic E-state index is 12.9. The molecule has 1 aliphatic heterocycles. The molecule has 1 atom stereocenters. The molecule has 1 aromatic heterocycles. The summed E-state index contributed by atoms with van der Waals surface area (Å²) in [4.78, 5) is 14.6. The third-order valence-electron chi connectivity index (χ3n) is 4.61. The largest absolute Gasteiger partial charge is 0.486 e. The van der Waals surface area contributed by atoms with E-state index in [4.69, 9.17) is 9.47 Å². The van der Waals surface area contributed by atoms with Crippen molar-refractivity contribution in [3.63, 3.8) is 0 Å². The van der Waals surface area contributed by atoms with Crippen molar-refractivity contribution < 1.29 is 14.3 Å². The zero-order valence-corrected chi connectivity index (χ0v) is 15.7. The number of ether oxygens (including phenoxy) is 2. The summed E-state index contributed by atoms with van der Waals surface area (Å²) >= 11 is 0. The van der Waals surface area contributed by atoms with Gasteiger partial charge >= 0.3 is 0 Å². The Kier molecular flexibility index (Phi) is 5.23. The Bertz CT molecular complexity index is 942. The Hall–Kier alpha value is -3.35. The van der Waals surface area contributed by atoms with Crippen molar-refractivity contribution in [1.29, 1.82) is 0 Å². The number of nitrogens with zero attached hydrogens (tertiary/aromatic N) is 4. The summed E-state index contributed by atoms with van der Waals surface area (Å²) in [7, 11) is 0. The summed E-state index contributed by atoms with van der Waals surface area (Å²) in [6, 6.07) is 17.5. The number of para-hydroxylation sites is 2. The van der Waals surface area contributed by atoms with Gasteiger partial charge in [0.15, 0.2) is 23.3 Å². The van der Waals surface area contributed by atoms with E-state index in [1.54, 1.807) is 15.8 Å². The number of rotatable bonds is 6. The van der Waals surface area contributed by atoms with Crippen LogP contribution in [0.4, 0.5) is 0 Å². The van der Waals surface area contributed by atoms with Crippen molar-refractivity contribution in [2.45, 2.75) is 19.6 Å². The standard InChI is InChI=1S/C21H22N4O3/c1-2-24(13-17-15-27-19-10-6-7-11-20(19)28-17)21(26)18-14-25(23-22-18)12-16-8-4-3-5-9-16/h3-11,14,17H,2,12-13,15H2,1H3. The zero-order valence-electron chi connectivity index (χ0n) is 15.7. The second-order valence-electron chi connectivity index (χ2n) is 6.63. The number of fused-ring (bicyclic) bond motifs is 1. The Balaban J connectivity index is 1.40. The normalized spacial score (nSPS) is 15.2. The van der Waals surface area contributed by atoms with E-state index < -0.39 is 0 Å². The maximum atomic E-state index is 12.9. The van der Waals surface area contributed by atoms with Crippen LogP contribution in [0, 0.1) is 0 Å². The molecular weight excluding hydrogens is 356 g/mol. The molecule has 7 heteroatoms. The maximum Gasteiger partial charge on any atom is 0.276 e. The van der Waals surface area contributed by atoms with Gasteiger partial charge in [-0.15, -0.1) is 5.10 Å². The predicted octanol–water partition coefficient (Wildman–Crippen LogP) is 2.63. The molecule has 1 amide bonds. The number of hydrogen-bond donors (Lipinski definition) is 0. The monoisotopic (exact) mass is 378 g/mol. The summed E-state index contributed by atoms with van der Waals surface area (Å²) in [6.45, 7) is 3.89.